The molecule has 0 amide bonds. The third-order valence-corrected chi connectivity index (χ3v) is 4.62. The van der Waals surface area contributed by atoms with Crippen LogP contribution in [-0.2, 0) is 11.3 Å². The van der Waals surface area contributed by atoms with E-state index in [9.17, 15) is 4.79 Å². The second-order valence-corrected chi connectivity index (χ2v) is 6.55. The lowest BCUT2D eigenvalue weighted by atomic mass is 10.2. The number of nitrogens with one attached hydrogen (secondary N) is 1. The molecule has 0 saturated heterocycles. The second-order valence-electron chi connectivity index (χ2n) is 5.49. The SMILES string of the molecule is CCOCCCSc1nc(N)c2[nH]c(=O)n(Cc3ccccc3)c2n1. The molecule has 0 aliphatic heterocycles. The fraction of sp³-hybridized carbons (Fsp3) is 0.353. The van der Waals surface area contributed by atoms with E-state index in [0.717, 1.165) is 24.3 Å². The van der Waals surface area contributed by atoms with Crippen LogP contribution < -0.4 is 11.4 Å². The fourth-order valence-electron chi connectivity index (χ4n) is 2.48. The Morgan fingerprint density at radius 2 is 2.08 bits per heavy atom. The minimum Gasteiger partial charge on any atom is -0.382 e. The molecule has 3 aromatic rings. The van der Waals surface area contributed by atoms with Gasteiger partial charge in [0.1, 0.15) is 5.52 Å². The highest BCUT2D eigenvalue weighted by Gasteiger charge is 2.14. The van der Waals surface area contributed by atoms with Crippen LogP contribution in [-0.4, -0.2) is 38.5 Å². The van der Waals surface area contributed by atoms with Gasteiger partial charge in [-0.2, -0.15) is 0 Å². The number of ether oxygens (including phenoxy) is 1. The maximum absolute atomic E-state index is 12.3. The van der Waals surface area contributed by atoms with Gasteiger partial charge < -0.3 is 15.5 Å². The van der Waals surface area contributed by atoms with Gasteiger partial charge in [0.15, 0.2) is 16.6 Å². The number of rotatable bonds is 8. The first-order valence-corrected chi connectivity index (χ1v) is 9.18. The van der Waals surface area contributed by atoms with Crippen LogP contribution in [0.4, 0.5) is 5.82 Å². The lowest BCUT2D eigenvalue weighted by Crippen LogP contribution is -2.17. The Hall–Kier alpha value is -2.32. The lowest BCUT2D eigenvalue weighted by molar-refractivity contribution is 0.149. The maximum atomic E-state index is 12.3. The van der Waals surface area contributed by atoms with E-state index in [4.69, 9.17) is 10.5 Å². The first-order chi connectivity index (χ1) is 12.2. The number of aromatic nitrogens is 4. The van der Waals surface area contributed by atoms with E-state index >= 15 is 0 Å². The van der Waals surface area contributed by atoms with E-state index in [1.54, 1.807) is 4.57 Å². The van der Waals surface area contributed by atoms with Gasteiger partial charge in [0.25, 0.3) is 0 Å². The lowest BCUT2D eigenvalue weighted by Gasteiger charge is -2.06. The summed E-state index contributed by atoms with van der Waals surface area (Å²) in [6, 6.07) is 9.77. The van der Waals surface area contributed by atoms with Crippen LogP contribution in [0.25, 0.3) is 11.2 Å². The summed E-state index contributed by atoms with van der Waals surface area (Å²) in [6.45, 7) is 3.84. The summed E-state index contributed by atoms with van der Waals surface area (Å²) in [5.41, 5.74) is 7.82. The molecule has 0 unspecified atom stereocenters. The molecule has 0 bridgehead atoms. The minimum absolute atomic E-state index is 0.238. The van der Waals surface area contributed by atoms with Crippen molar-refractivity contribution in [1.29, 1.82) is 0 Å². The number of nitrogens with two attached hydrogens (primary N) is 1. The zero-order valence-corrected chi connectivity index (χ0v) is 14.9. The van der Waals surface area contributed by atoms with Crippen molar-refractivity contribution in [3.05, 3.63) is 46.4 Å². The first kappa shape index (κ1) is 17.5. The highest BCUT2D eigenvalue weighted by Crippen LogP contribution is 2.21. The van der Waals surface area contributed by atoms with Crippen molar-refractivity contribution in [2.75, 3.05) is 24.7 Å². The van der Waals surface area contributed by atoms with E-state index in [-0.39, 0.29) is 5.69 Å². The molecule has 132 valence electrons. The van der Waals surface area contributed by atoms with Gasteiger partial charge in [-0.25, -0.2) is 14.8 Å². The number of anilines is 1. The van der Waals surface area contributed by atoms with Crippen molar-refractivity contribution in [3.8, 4) is 0 Å². The summed E-state index contributed by atoms with van der Waals surface area (Å²) >= 11 is 1.51. The summed E-state index contributed by atoms with van der Waals surface area (Å²) in [6.07, 6.45) is 0.907. The molecule has 8 heteroatoms. The molecule has 7 nitrogen and oxygen atoms in total. The number of hydrogen-bond donors (Lipinski definition) is 2. The Balaban J connectivity index is 1.85. The third kappa shape index (κ3) is 4.21. The number of nitrogens with zero attached hydrogens (tertiary/aromatic N) is 3. The molecule has 3 rings (SSSR count). The smallest absolute Gasteiger partial charge is 0.328 e. The first-order valence-electron chi connectivity index (χ1n) is 8.19. The Bertz CT molecular complexity index is 891. The molecule has 0 atom stereocenters. The number of nitrogen functional groups attached to an aromatic ring is 1. The van der Waals surface area contributed by atoms with Gasteiger partial charge in [0.05, 0.1) is 6.54 Å². The molecule has 2 heterocycles. The minimum atomic E-state index is -0.238. The summed E-state index contributed by atoms with van der Waals surface area (Å²) < 4.78 is 6.92. The quantitative estimate of drug-likeness (QED) is 0.364. The van der Waals surface area contributed by atoms with Crippen molar-refractivity contribution >= 4 is 28.7 Å². The van der Waals surface area contributed by atoms with E-state index < -0.39 is 0 Å². The predicted octanol–water partition coefficient (Wildman–Crippen LogP) is 2.27. The fourth-order valence-corrected chi connectivity index (χ4v) is 3.24. The Labute approximate surface area is 149 Å². The van der Waals surface area contributed by atoms with Gasteiger partial charge in [-0.3, -0.25) is 4.57 Å². The number of fused-ring (bicyclic) bond motifs is 1. The van der Waals surface area contributed by atoms with Crippen LogP contribution in [0.3, 0.4) is 0 Å². The summed E-state index contributed by atoms with van der Waals surface area (Å²) in [4.78, 5) is 23.9. The van der Waals surface area contributed by atoms with E-state index in [0.29, 0.717) is 35.3 Å². The molecule has 1 aromatic carbocycles. The molecular weight excluding hydrogens is 338 g/mol. The molecule has 0 radical (unpaired) electrons. The Kier molecular flexibility index (Phi) is 5.72. The third-order valence-electron chi connectivity index (χ3n) is 3.68. The number of thioether (sulfide) groups is 1. The molecule has 0 aliphatic carbocycles. The van der Waals surface area contributed by atoms with Gasteiger partial charge in [0, 0.05) is 19.0 Å². The van der Waals surface area contributed by atoms with Crippen molar-refractivity contribution in [1.82, 2.24) is 19.5 Å². The average Bonchev–Trinajstić information content (AvgIpc) is 2.92. The van der Waals surface area contributed by atoms with Crippen molar-refractivity contribution in [2.24, 2.45) is 0 Å². The Morgan fingerprint density at radius 3 is 2.84 bits per heavy atom. The topological polar surface area (TPSA) is 98.8 Å². The van der Waals surface area contributed by atoms with Gasteiger partial charge in [0.2, 0.25) is 0 Å². The number of benzene rings is 1. The standard InChI is InChI=1S/C17H21N5O2S/c1-2-24-9-6-10-25-16-20-14(18)13-15(21-16)22(17(23)19-13)11-12-7-4-3-5-8-12/h3-5,7-8H,2,6,9-11H2,1H3,(H,19,23)(H2,18,20,21). The normalized spacial score (nSPS) is 11.2. The number of aromatic amines is 1. The van der Waals surface area contributed by atoms with Crippen LogP contribution in [0.15, 0.2) is 40.3 Å². The van der Waals surface area contributed by atoms with Gasteiger partial charge >= 0.3 is 5.69 Å². The molecule has 3 N–H and O–H groups in total. The number of imidazole rings is 1. The van der Waals surface area contributed by atoms with Crippen molar-refractivity contribution in [2.45, 2.75) is 25.0 Å². The highest BCUT2D eigenvalue weighted by molar-refractivity contribution is 7.99. The van der Waals surface area contributed by atoms with Crippen LogP contribution >= 0.6 is 11.8 Å². The molecule has 0 aliphatic rings. The Morgan fingerprint density at radius 1 is 1.28 bits per heavy atom. The summed E-state index contributed by atoms with van der Waals surface area (Å²) in [5, 5.41) is 0.572. The molecule has 0 fully saturated rings. The second kappa shape index (κ2) is 8.17. The van der Waals surface area contributed by atoms with Gasteiger partial charge in [-0.05, 0) is 18.9 Å². The van der Waals surface area contributed by atoms with Gasteiger partial charge in [-0.1, -0.05) is 42.1 Å². The van der Waals surface area contributed by atoms with E-state index in [1.807, 2.05) is 37.3 Å². The molecular formula is C17H21N5O2S. The molecule has 25 heavy (non-hydrogen) atoms. The van der Waals surface area contributed by atoms with Crippen molar-refractivity contribution < 1.29 is 4.74 Å². The predicted molar refractivity (Wildman–Crippen MR) is 99.9 cm³/mol. The van der Waals surface area contributed by atoms with Crippen LogP contribution in [0.1, 0.15) is 18.9 Å². The largest absolute Gasteiger partial charge is 0.382 e. The monoisotopic (exact) mass is 359 g/mol. The van der Waals surface area contributed by atoms with E-state index in [2.05, 4.69) is 15.0 Å². The number of H-pyrrole nitrogens is 1. The maximum Gasteiger partial charge on any atom is 0.328 e. The van der Waals surface area contributed by atoms with E-state index in [1.165, 1.54) is 11.8 Å². The van der Waals surface area contributed by atoms with Crippen LogP contribution in [0.5, 0.6) is 0 Å². The molecule has 0 spiro atoms. The molecule has 0 saturated carbocycles. The number of hydrogen-bond acceptors (Lipinski definition) is 6. The zero-order valence-electron chi connectivity index (χ0n) is 14.1. The van der Waals surface area contributed by atoms with Gasteiger partial charge in [-0.15, -0.1) is 0 Å². The summed E-state index contributed by atoms with van der Waals surface area (Å²) in [5.74, 6) is 1.12. The average molecular weight is 359 g/mol. The van der Waals surface area contributed by atoms with Crippen LogP contribution in [0, 0.1) is 0 Å². The zero-order chi connectivity index (χ0) is 17.6. The van der Waals surface area contributed by atoms with Crippen molar-refractivity contribution in [3.63, 3.8) is 0 Å². The highest BCUT2D eigenvalue weighted by atomic mass is 32.2. The molecule has 2 aromatic heterocycles. The van der Waals surface area contributed by atoms with Crippen LogP contribution in [0.2, 0.25) is 0 Å². The summed E-state index contributed by atoms with van der Waals surface area (Å²) in [7, 11) is 0.